The molecule has 0 aliphatic heterocycles. The fourth-order valence-electron chi connectivity index (χ4n) is 1.94. The Morgan fingerprint density at radius 3 is 2.21 bits per heavy atom. The van der Waals surface area contributed by atoms with Gasteiger partial charge in [-0.15, -0.1) is 5.54 Å². The summed E-state index contributed by atoms with van der Waals surface area (Å²) in [5, 5.41) is 2.85. The van der Waals surface area contributed by atoms with Crippen LogP contribution in [0.15, 0.2) is 48.5 Å². The molecule has 0 radical (unpaired) electrons. The molecule has 0 heterocycles. The summed E-state index contributed by atoms with van der Waals surface area (Å²) < 4.78 is 0. The molecule has 0 unspecified atom stereocenters. The van der Waals surface area contributed by atoms with Crippen LogP contribution in [0.3, 0.4) is 0 Å². The Morgan fingerprint density at radius 1 is 0.917 bits per heavy atom. The maximum Gasteiger partial charge on any atom is 0.221 e. The third-order valence-electron chi connectivity index (χ3n) is 3.03. The van der Waals surface area contributed by atoms with Gasteiger partial charge in [-0.2, -0.15) is 0 Å². The molecule has 2 aromatic rings. The van der Waals surface area contributed by atoms with Crippen LogP contribution in [0.5, 0.6) is 0 Å². The van der Waals surface area contributed by atoms with Gasteiger partial charge in [-0.25, -0.2) is 0 Å². The van der Waals surface area contributed by atoms with E-state index in [9.17, 15) is 4.79 Å². The molecule has 2 rings (SSSR count). The van der Waals surface area contributed by atoms with Crippen LogP contribution in [0.25, 0.3) is 0 Å². The van der Waals surface area contributed by atoms with E-state index in [1.807, 2.05) is 48.5 Å². The molecule has 0 saturated carbocycles. The molecule has 3 heteroatoms. The first-order valence-corrected chi connectivity index (χ1v) is 11.4. The zero-order chi connectivity index (χ0) is 17.6. The van der Waals surface area contributed by atoms with Crippen molar-refractivity contribution >= 4 is 19.7 Å². The molecule has 0 aromatic heterocycles. The lowest BCUT2D eigenvalue weighted by Gasteiger charge is -2.08. The Balaban J connectivity index is 2.37. The molecule has 0 atom stereocenters. The first-order valence-electron chi connectivity index (χ1n) is 7.85. The lowest BCUT2D eigenvalue weighted by Crippen LogP contribution is -2.16. The highest BCUT2D eigenvalue weighted by Gasteiger charge is 2.09. The number of nitrogens with one attached hydrogen (secondary N) is 1. The van der Waals surface area contributed by atoms with Crippen LogP contribution in [0.4, 0.5) is 5.69 Å². The molecule has 0 saturated heterocycles. The summed E-state index contributed by atoms with van der Waals surface area (Å²) in [7, 11) is -1.48. The van der Waals surface area contributed by atoms with Crippen LogP contribution >= 0.6 is 0 Å². The first kappa shape index (κ1) is 17.6. The van der Waals surface area contributed by atoms with E-state index < -0.39 is 8.07 Å². The van der Waals surface area contributed by atoms with Crippen LogP contribution in [-0.2, 0) is 4.79 Å². The normalized spacial score (nSPS) is 10.0. The third kappa shape index (κ3) is 5.80. The molecular formula is C21H21NOSi. The predicted molar refractivity (Wildman–Crippen MR) is 103 cm³/mol. The van der Waals surface area contributed by atoms with Crippen LogP contribution in [0, 0.1) is 23.3 Å². The summed E-state index contributed by atoms with van der Waals surface area (Å²) in [5.41, 5.74) is 6.69. The lowest BCUT2D eigenvalue weighted by molar-refractivity contribution is -0.114. The van der Waals surface area contributed by atoms with Gasteiger partial charge in [-0.3, -0.25) is 4.79 Å². The van der Waals surface area contributed by atoms with Crippen molar-refractivity contribution in [1.82, 2.24) is 0 Å². The summed E-state index contributed by atoms with van der Waals surface area (Å²) in [6.45, 7) is 8.07. The smallest absolute Gasteiger partial charge is 0.221 e. The predicted octanol–water partition coefficient (Wildman–Crippen LogP) is 4.27. The largest absolute Gasteiger partial charge is 0.325 e. The topological polar surface area (TPSA) is 29.1 Å². The number of carbonyl (C=O) groups is 1. The molecular weight excluding hydrogens is 310 g/mol. The van der Waals surface area contributed by atoms with E-state index in [1.54, 1.807) is 0 Å². The van der Waals surface area contributed by atoms with Crippen LogP contribution in [-0.4, -0.2) is 14.0 Å². The highest BCUT2D eigenvalue weighted by Crippen LogP contribution is 2.17. The molecule has 24 heavy (non-hydrogen) atoms. The molecule has 0 spiro atoms. The van der Waals surface area contributed by atoms with Crippen molar-refractivity contribution in [3.8, 4) is 23.3 Å². The van der Waals surface area contributed by atoms with Gasteiger partial charge in [0, 0.05) is 23.6 Å². The molecule has 2 aromatic carbocycles. The molecule has 1 amide bonds. The highest BCUT2D eigenvalue weighted by molar-refractivity contribution is 6.83. The quantitative estimate of drug-likeness (QED) is 0.613. The van der Waals surface area contributed by atoms with E-state index in [4.69, 9.17) is 0 Å². The number of benzene rings is 2. The Labute approximate surface area is 145 Å². The van der Waals surface area contributed by atoms with E-state index >= 15 is 0 Å². The van der Waals surface area contributed by atoms with Crippen LogP contribution in [0.2, 0.25) is 19.6 Å². The summed E-state index contributed by atoms with van der Waals surface area (Å²) >= 11 is 0. The van der Waals surface area contributed by atoms with E-state index in [-0.39, 0.29) is 5.91 Å². The van der Waals surface area contributed by atoms with E-state index in [2.05, 4.69) is 48.3 Å². The Bertz CT molecular complexity index is 856. The molecule has 0 aliphatic rings. The van der Waals surface area contributed by atoms with Gasteiger partial charge < -0.3 is 5.32 Å². The van der Waals surface area contributed by atoms with Crippen molar-refractivity contribution in [2.45, 2.75) is 26.6 Å². The maximum atomic E-state index is 11.5. The van der Waals surface area contributed by atoms with E-state index in [0.29, 0.717) is 5.69 Å². The van der Waals surface area contributed by atoms with Crippen LogP contribution < -0.4 is 5.32 Å². The van der Waals surface area contributed by atoms with Gasteiger partial charge >= 0.3 is 0 Å². The minimum absolute atomic E-state index is 0.112. The number of amides is 1. The Kier molecular flexibility index (Phi) is 5.63. The molecule has 0 fully saturated rings. The van der Waals surface area contributed by atoms with Crippen molar-refractivity contribution in [2.75, 3.05) is 5.32 Å². The Hall–Kier alpha value is -2.75. The monoisotopic (exact) mass is 331 g/mol. The summed E-state index contributed by atoms with van der Waals surface area (Å²) in [6.07, 6.45) is 0. The fourth-order valence-corrected chi connectivity index (χ4v) is 2.45. The van der Waals surface area contributed by atoms with E-state index in [1.165, 1.54) is 6.92 Å². The molecule has 120 valence electrons. The van der Waals surface area contributed by atoms with E-state index in [0.717, 1.165) is 16.7 Å². The average molecular weight is 331 g/mol. The summed E-state index contributed by atoms with van der Waals surface area (Å²) in [6, 6.07) is 15.6. The van der Waals surface area contributed by atoms with Gasteiger partial charge in [0.15, 0.2) is 0 Å². The minimum atomic E-state index is -1.48. The second kappa shape index (κ2) is 7.68. The van der Waals surface area contributed by atoms with Crippen molar-refractivity contribution < 1.29 is 4.79 Å². The molecule has 0 bridgehead atoms. The standard InChI is InChI=1S/C21H21NOSi/c1-17(23)22-21-16-19(11-10-18-8-6-5-7-9-18)12-13-20(21)14-15-24(2,3)4/h5-9,12-13,16H,1-4H3,(H,22,23). The SMILES string of the molecule is CC(=O)Nc1cc(C#Cc2ccccc2)ccc1C#C[Si](C)(C)C. The first-order chi connectivity index (χ1) is 11.3. The fraction of sp³-hybridized carbons (Fsp3) is 0.190. The Morgan fingerprint density at radius 2 is 1.58 bits per heavy atom. The lowest BCUT2D eigenvalue weighted by atomic mass is 10.1. The van der Waals surface area contributed by atoms with Crippen molar-refractivity contribution in [3.05, 3.63) is 65.2 Å². The summed E-state index contributed by atoms with van der Waals surface area (Å²) in [4.78, 5) is 11.5. The van der Waals surface area contributed by atoms with Gasteiger partial charge in [0.2, 0.25) is 5.91 Å². The molecule has 2 nitrogen and oxygen atoms in total. The second-order valence-corrected chi connectivity index (χ2v) is 11.3. The zero-order valence-corrected chi connectivity index (χ0v) is 15.5. The number of rotatable bonds is 1. The van der Waals surface area contributed by atoms with Gasteiger partial charge in [0.05, 0.1) is 5.69 Å². The zero-order valence-electron chi connectivity index (χ0n) is 14.5. The maximum absolute atomic E-state index is 11.5. The number of hydrogen-bond acceptors (Lipinski definition) is 1. The number of anilines is 1. The minimum Gasteiger partial charge on any atom is -0.325 e. The average Bonchev–Trinajstić information content (AvgIpc) is 2.51. The van der Waals surface area contributed by atoms with Gasteiger partial charge in [0.1, 0.15) is 8.07 Å². The molecule has 0 aliphatic carbocycles. The van der Waals surface area contributed by atoms with Crippen molar-refractivity contribution in [2.24, 2.45) is 0 Å². The number of hydrogen-bond donors (Lipinski definition) is 1. The highest BCUT2D eigenvalue weighted by atomic mass is 28.3. The van der Waals surface area contributed by atoms with Crippen molar-refractivity contribution in [1.29, 1.82) is 0 Å². The third-order valence-corrected chi connectivity index (χ3v) is 3.90. The second-order valence-electron chi connectivity index (χ2n) is 6.56. The van der Waals surface area contributed by atoms with Crippen molar-refractivity contribution in [3.63, 3.8) is 0 Å². The molecule has 1 N–H and O–H groups in total. The van der Waals surface area contributed by atoms with Gasteiger partial charge in [-0.05, 0) is 30.3 Å². The van der Waals surface area contributed by atoms with Gasteiger partial charge in [0.25, 0.3) is 0 Å². The van der Waals surface area contributed by atoms with Crippen LogP contribution in [0.1, 0.15) is 23.6 Å². The van der Waals surface area contributed by atoms with Gasteiger partial charge in [-0.1, -0.05) is 55.6 Å². The summed E-state index contributed by atoms with van der Waals surface area (Å²) in [5.74, 6) is 9.36. The number of carbonyl (C=O) groups excluding carboxylic acids is 1.